The van der Waals surface area contributed by atoms with E-state index in [0.717, 1.165) is 51.6 Å². The number of piperidine rings is 1. The van der Waals surface area contributed by atoms with Gasteiger partial charge in [0, 0.05) is 24.4 Å². The van der Waals surface area contributed by atoms with Crippen molar-refractivity contribution in [1.29, 1.82) is 0 Å². The molecule has 3 aliphatic carbocycles. The van der Waals surface area contributed by atoms with Crippen LogP contribution in [-0.4, -0.2) is 35.0 Å². The highest BCUT2D eigenvalue weighted by molar-refractivity contribution is 5.85. The quantitative estimate of drug-likeness (QED) is 0.901. The molecule has 1 aromatic rings. The van der Waals surface area contributed by atoms with Crippen molar-refractivity contribution in [2.45, 2.75) is 50.4 Å². The Kier molecular flexibility index (Phi) is 3.14. The van der Waals surface area contributed by atoms with Crippen LogP contribution in [0.15, 0.2) is 24.3 Å². The number of carbonyl (C=O) groups is 2. The fourth-order valence-electron chi connectivity index (χ4n) is 5.80. The molecule has 4 aliphatic rings. The van der Waals surface area contributed by atoms with Crippen LogP contribution in [0.5, 0.6) is 0 Å². The summed E-state index contributed by atoms with van der Waals surface area (Å²) in [5.41, 5.74) is 2.95. The predicted octanol–water partition coefficient (Wildman–Crippen LogP) is 2.99. The van der Waals surface area contributed by atoms with Gasteiger partial charge in [0.2, 0.25) is 5.91 Å². The molecule has 4 nitrogen and oxygen atoms in total. The molecule has 0 bridgehead atoms. The van der Waals surface area contributed by atoms with Gasteiger partial charge in [0.05, 0.1) is 5.92 Å². The lowest BCUT2D eigenvalue weighted by Crippen LogP contribution is -2.42. The van der Waals surface area contributed by atoms with Gasteiger partial charge in [-0.15, -0.1) is 0 Å². The number of fused-ring (bicyclic) bond motifs is 2. The molecular weight excluding hydrogens is 314 g/mol. The standard InChI is InChI=1S/C21H25NO3/c23-18(22-10-8-20(9-11-22)12-17(20)19(24)25)16-13-21(16)7-3-5-14-4-1-2-6-15(14)21/h1-2,4,6,16-17H,3,5,7-13H2,(H,24,25). The average Bonchev–Trinajstić information content (AvgIpc) is 3.52. The van der Waals surface area contributed by atoms with Gasteiger partial charge in [0.25, 0.3) is 0 Å². The van der Waals surface area contributed by atoms with Crippen LogP contribution in [0.2, 0.25) is 0 Å². The number of carboxylic acids is 1. The van der Waals surface area contributed by atoms with Crippen molar-refractivity contribution >= 4 is 11.9 Å². The fraction of sp³-hybridized carbons (Fsp3) is 0.619. The number of aliphatic carboxylic acids is 1. The Bertz CT molecular complexity index is 749. The molecule has 1 heterocycles. The van der Waals surface area contributed by atoms with E-state index in [1.807, 2.05) is 4.90 Å². The first-order chi connectivity index (χ1) is 12.1. The maximum absolute atomic E-state index is 13.1. The van der Waals surface area contributed by atoms with Crippen molar-refractivity contribution in [3.05, 3.63) is 35.4 Å². The van der Waals surface area contributed by atoms with Crippen molar-refractivity contribution < 1.29 is 14.7 Å². The van der Waals surface area contributed by atoms with Gasteiger partial charge in [0.1, 0.15) is 0 Å². The highest BCUT2D eigenvalue weighted by Crippen LogP contribution is 2.62. The lowest BCUT2D eigenvalue weighted by atomic mass is 9.78. The number of nitrogens with zero attached hydrogens (tertiary/aromatic N) is 1. The molecule has 2 spiro atoms. The largest absolute Gasteiger partial charge is 0.481 e. The fourth-order valence-corrected chi connectivity index (χ4v) is 5.80. The predicted molar refractivity (Wildman–Crippen MR) is 93.2 cm³/mol. The summed E-state index contributed by atoms with van der Waals surface area (Å²) in [5.74, 6) is -0.349. The van der Waals surface area contributed by atoms with Crippen LogP contribution in [-0.2, 0) is 21.4 Å². The van der Waals surface area contributed by atoms with Crippen LogP contribution in [0.4, 0.5) is 0 Å². The Hall–Kier alpha value is -1.84. The Morgan fingerprint density at radius 3 is 2.52 bits per heavy atom. The average molecular weight is 339 g/mol. The Labute approximate surface area is 148 Å². The number of benzene rings is 1. The molecule has 0 radical (unpaired) electrons. The van der Waals surface area contributed by atoms with Gasteiger partial charge in [-0.1, -0.05) is 24.3 Å². The van der Waals surface area contributed by atoms with Gasteiger partial charge in [0.15, 0.2) is 0 Å². The number of rotatable bonds is 2. The van der Waals surface area contributed by atoms with Gasteiger partial charge in [-0.3, -0.25) is 9.59 Å². The van der Waals surface area contributed by atoms with Crippen LogP contribution in [0.3, 0.4) is 0 Å². The highest BCUT2D eigenvalue weighted by Gasteiger charge is 2.63. The molecule has 1 aromatic carbocycles. The Morgan fingerprint density at radius 1 is 1.04 bits per heavy atom. The van der Waals surface area contributed by atoms with Crippen LogP contribution >= 0.6 is 0 Å². The number of hydrogen-bond donors (Lipinski definition) is 1. The van der Waals surface area contributed by atoms with E-state index in [1.54, 1.807) is 0 Å². The van der Waals surface area contributed by atoms with Crippen molar-refractivity contribution in [2.75, 3.05) is 13.1 Å². The maximum Gasteiger partial charge on any atom is 0.307 e. The lowest BCUT2D eigenvalue weighted by Gasteiger charge is -2.34. The molecule has 4 heteroatoms. The molecule has 3 atom stereocenters. The molecule has 1 N–H and O–H groups in total. The third-order valence-electron chi connectivity index (χ3n) is 7.55. The van der Waals surface area contributed by atoms with Crippen molar-refractivity contribution in [2.24, 2.45) is 17.3 Å². The van der Waals surface area contributed by atoms with E-state index in [2.05, 4.69) is 24.3 Å². The molecule has 132 valence electrons. The summed E-state index contributed by atoms with van der Waals surface area (Å²) >= 11 is 0. The number of likely N-dealkylation sites (tertiary alicyclic amines) is 1. The zero-order chi connectivity index (χ0) is 17.2. The second kappa shape index (κ2) is 5.09. The van der Waals surface area contributed by atoms with Crippen molar-refractivity contribution in [1.82, 2.24) is 4.90 Å². The molecule has 3 unspecified atom stereocenters. The normalized spacial score (nSPS) is 34.6. The van der Waals surface area contributed by atoms with Crippen LogP contribution in [0, 0.1) is 17.3 Å². The van der Waals surface area contributed by atoms with Crippen molar-refractivity contribution in [3.63, 3.8) is 0 Å². The first-order valence-electron chi connectivity index (χ1n) is 9.66. The molecule has 1 saturated heterocycles. The number of aryl methyl sites for hydroxylation is 1. The molecule has 0 aromatic heterocycles. The highest BCUT2D eigenvalue weighted by atomic mass is 16.4. The molecular formula is C21H25NO3. The monoisotopic (exact) mass is 339 g/mol. The Balaban J connectivity index is 1.28. The topological polar surface area (TPSA) is 57.6 Å². The smallest absolute Gasteiger partial charge is 0.307 e. The summed E-state index contributed by atoms with van der Waals surface area (Å²) in [5, 5.41) is 9.22. The second-order valence-corrected chi connectivity index (χ2v) is 8.71. The lowest BCUT2D eigenvalue weighted by molar-refractivity contribution is -0.140. The third-order valence-corrected chi connectivity index (χ3v) is 7.55. The summed E-state index contributed by atoms with van der Waals surface area (Å²) in [7, 11) is 0. The minimum absolute atomic E-state index is 0.00128. The van der Waals surface area contributed by atoms with E-state index in [0.29, 0.717) is 5.91 Å². The van der Waals surface area contributed by atoms with E-state index in [1.165, 1.54) is 17.5 Å². The summed E-state index contributed by atoms with van der Waals surface area (Å²) in [6.07, 6.45) is 7.01. The maximum atomic E-state index is 13.1. The van der Waals surface area contributed by atoms with Crippen LogP contribution in [0.25, 0.3) is 0 Å². The van der Waals surface area contributed by atoms with Crippen LogP contribution in [0.1, 0.15) is 49.7 Å². The second-order valence-electron chi connectivity index (χ2n) is 8.71. The van der Waals surface area contributed by atoms with E-state index < -0.39 is 5.97 Å². The van der Waals surface area contributed by atoms with E-state index in [9.17, 15) is 14.7 Å². The van der Waals surface area contributed by atoms with Gasteiger partial charge in [-0.05, 0) is 61.5 Å². The number of amides is 1. The van der Waals surface area contributed by atoms with Gasteiger partial charge >= 0.3 is 5.97 Å². The minimum atomic E-state index is -0.653. The van der Waals surface area contributed by atoms with Gasteiger partial charge in [-0.25, -0.2) is 0 Å². The molecule has 2 saturated carbocycles. The number of carboxylic acid groups (broad SMARTS) is 1. The zero-order valence-electron chi connectivity index (χ0n) is 14.5. The number of hydrogen-bond acceptors (Lipinski definition) is 2. The summed E-state index contributed by atoms with van der Waals surface area (Å²) in [6, 6.07) is 8.67. The SMILES string of the molecule is O=C(O)C1CC12CCN(C(=O)C1CC13CCCc1ccccc13)CC2. The molecule has 3 fully saturated rings. The molecule has 1 amide bonds. The molecule has 5 rings (SSSR count). The van der Waals surface area contributed by atoms with Gasteiger partial charge in [-0.2, -0.15) is 0 Å². The van der Waals surface area contributed by atoms with Crippen LogP contribution < -0.4 is 0 Å². The molecule has 1 aliphatic heterocycles. The van der Waals surface area contributed by atoms with E-state index in [4.69, 9.17) is 0 Å². The van der Waals surface area contributed by atoms with E-state index in [-0.39, 0.29) is 22.7 Å². The molecule has 25 heavy (non-hydrogen) atoms. The summed E-state index contributed by atoms with van der Waals surface area (Å²) in [6.45, 7) is 1.49. The minimum Gasteiger partial charge on any atom is -0.481 e. The summed E-state index contributed by atoms with van der Waals surface area (Å²) in [4.78, 5) is 26.3. The zero-order valence-corrected chi connectivity index (χ0v) is 14.5. The number of carbonyl (C=O) groups excluding carboxylic acids is 1. The first kappa shape index (κ1) is 15.4. The van der Waals surface area contributed by atoms with E-state index >= 15 is 0 Å². The summed E-state index contributed by atoms with van der Waals surface area (Å²) < 4.78 is 0. The Morgan fingerprint density at radius 2 is 1.80 bits per heavy atom. The third kappa shape index (κ3) is 2.19. The van der Waals surface area contributed by atoms with Crippen molar-refractivity contribution in [3.8, 4) is 0 Å². The van der Waals surface area contributed by atoms with Gasteiger partial charge < -0.3 is 10.0 Å². The first-order valence-corrected chi connectivity index (χ1v) is 9.66.